The fourth-order valence-corrected chi connectivity index (χ4v) is 3.74. The van der Waals surface area contributed by atoms with E-state index in [0.717, 1.165) is 29.4 Å². The first-order valence-corrected chi connectivity index (χ1v) is 8.55. The predicted molar refractivity (Wildman–Crippen MR) is 89.0 cm³/mol. The highest BCUT2D eigenvalue weighted by molar-refractivity contribution is 5.22. The summed E-state index contributed by atoms with van der Waals surface area (Å²) in [5.41, 5.74) is 0.413. The van der Waals surface area contributed by atoms with Crippen molar-refractivity contribution in [2.24, 2.45) is 5.92 Å². The highest BCUT2D eigenvalue weighted by Crippen LogP contribution is 2.33. The van der Waals surface area contributed by atoms with Crippen molar-refractivity contribution in [1.82, 2.24) is 0 Å². The number of likely N-dealkylation sites (tertiary alicyclic amines) is 1. The lowest BCUT2D eigenvalue weighted by atomic mass is 9.82. The van der Waals surface area contributed by atoms with Gasteiger partial charge in [0.1, 0.15) is 0 Å². The Bertz CT molecular complexity index is 428. The summed E-state index contributed by atoms with van der Waals surface area (Å²) in [5.74, 6) is 0.502. The Hall–Kier alpha value is -0.380. The number of aliphatic hydroxyl groups is 1. The second-order valence-corrected chi connectivity index (χ2v) is 7.60. The third kappa shape index (κ3) is 5.36. The van der Waals surface area contributed by atoms with Crippen molar-refractivity contribution in [3.8, 4) is 0 Å². The lowest BCUT2D eigenvalue weighted by Gasteiger charge is -2.41. The zero-order valence-electron chi connectivity index (χ0n) is 14.4. The minimum absolute atomic E-state index is 0. The summed E-state index contributed by atoms with van der Waals surface area (Å²) in [4.78, 5) is 0. The van der Waals surface area contributed by atoms with E-state index in [4.69, 9.17) is 0 Å². The number of nitrogens with zero attached hydrogens (tertiary/aromatic N) is 1. The third-order valence-electron chi connectivity index (χ3n) is 5.02. The molecule has 1 saturated heterocycles. The molecule has 0 spiro atoms. The monoisotopic (exact) mass is 369 g/mol. The number of rotatable bonds is 6. The second-order valence-electron chi connectivity index (χ2n) is 7.60. The van der Waals surface area contributed by atoms with Crippen LogP contribution in [-0.4, -0.2) is 36.3 Å². The van der Waals surface area contributed by atoms with Gasteiger partial charge in [-0.2, -0.15) is 0 Å². The summed E-state index contributed by atoms with van der Waals surface area (Å²) in [7, 11) is 2.36. The van der Waals surface area contributed by atoms with Crippen LogP contribution in [0, 0.1) is 5.92 Å². The van der Waals surface area contributed by atoms with Crippen LogP contribution in [0.1, 0.15) is 51.5 Å². The van der Waals surface area contributed by atoms with Gasteiger partial charge in [0, 0.05) is 6.42 Å². The molecular weight excluding hydrogens is 338 g/mol. The van der Waals surface area contributed by atoms with Gasteiger partial charge in [0.2, 0.25) is 0 Å². The van der Waals surface area contributed by atoms with E-state index in [1.807, 2.05) is 18.2 Å². The van der Waals surface area contributed by atoms with Crippen LogP contribution in [0.25, 0.3) is 0 Å². The van der Waals surface area contributed by atoms with Crippen molar-refractivity contribution in [2.75, 3.05) is 26.7 Å². The van der Waals surface area contributed by atoms with Crippen LogP contribution >= 0.6 is 0 Å². The Labute approximate surface area is 146 Å². The molecule has 0 aliphatic carbocycles. The van der Waals surface area contributed by atoms with Gasteiger partial charge in [0.15, 0.2) is 0 Å². The molecule has 0 radical (unpaired) electrons. The fraction of sp³-hybridized carbons (Fsp3) is 0.684. The SMILES string of the molecule is CC(C)CC(O)(CC[N+]1(C)CCCCC1)c1ccccc1.[Br-]. The molecule has 1 unspecified atom stereocenters. The summed E-state index contributed by atoms with van der Waals surface area (Å²) >= 11 is 0. The molecule has 0 amide bonds. The van der Waals surface area contributed by atoms with Gasteiger partial charge in [0.25, 0.3) is 0 Å². The minimum atomic E-state index is -0.672. The number of quaternary nitrogens is 1. The molecule has 0 saturated carbocycles. The van der Waals surface area contributed by atoms with Crippen LogP contribution in [0.4, 0.5) is 0 Å². The van der Waals surface area contributed by atoms with Crippen molar-refractivity contribution < 1.29 is 26.6 Å². The normalized spacial score (nSPS) is 20.2. The van der Waals surface area contributed by atoms with Crippen LogP contribution in [0.3, 0.4) is 0 Å². The van der Waals surface area contributed by atoms with E-state index in [1.54, 1.807) is 0 Å². The summed E-state index contributed by atoms with van der Waals surface area (Å²) < 4.78 is 1.13. The van der Waals surface area contributed by atoms with Gasteiger partial charge in [-0.05, 0) is 37.2 Å². The standard InChI is InChI=1S/C19H32NO.BrH/c1-17(2)16-19(21,18-10-6-4-7-11-18)12-15-20(3)13-8-5-9-14-20;/h4,6-7,10-11,17,21H,5,8-9,12-16H2,1-3H3;1H/q+1;/p-1. The Balaban J connectivity index is 0.00000242. The molecule has 1 aromatic rings. The zero-order chi connectivity index (χ0) is 15.3. The summed E-state index contributed by atoms with van der Waals surface area (Å²) in [6.45, 7) is 8.02. The van der Waals surface area contributed by atoms with Crippen molar-refractivity contribution >= 4 is 0 Å². The van der Waals surface area contributed by atoms with E-state index in [-0.39, 0.29) is 17.0 Å². The molecule has 1 fully saturated rings. The molecule has 3 heteroatoms. The van der Waals surface area contributed by atoms with Crippen molar-refractivity contribution in [3.63, 3.8) is 0 Å². The smallest absolute Gasteiger partial charge is 0.0952 e. The van der Waals surface area contributed by atoms with Crippen molar-refractivity contribution in [1.29, 1.82) is 0 Å². The van der Waals surface area contributed by atoms with Gasteiger partial charge in [-0.25, -0.2) is 0 Å². The molecule has 1 atom stereocenters. The Morgan fingerprint density at radius 1 is 1.09 bits per heavy atom. The van der Waals surface area contributed by atoms with E-state index in [0.29, 0.717) is 5.92 Å². The molecule has 0 bridgehead atoms. The number of hydrogen-bond donors (Lipinski definition) is 1. The molecule has 1 aliphatic rings. The van der Waals surface area contributed by atoms with E-state index in [1.165, 1.54) is 32.4 Å². The maximum Gasteiger partial charge on any atom is 0.0952 e. The van der Waals surface area contributed by atoms with E-state index >= 15 is 0 Å². The Morgan fingerprint density at radius 3 is 2.23 bits per heavy atom. The van der Waals surface area contributed by atoms with Gasteiger partial charge >= 0.3 is 0 Å². The first kappa shape index (κ1) is 19.7. The molecular formula is C19H32BrNO. The molecule has 2 nitrogen and oxygen atoms in total. The third-order valence-corrected chi connectivity index (χ3v) is 5.02. The highest BCUT2D eigenvalue weighted by atomic mass is 79.9. The number of hydrogen-bond acceptors (Lipinski definition) is 1. The summed E-state index contributed by atoms with van der Waals surface area (Å²) in [6, 6.07) is 10.3. The van der Waals surface area contributed by atoms with E-state index < -0.39 is 5.60 Å². The van der Waals surface area contributed by atoms with E-state index in [2.05, 4.69) is 33.0 Å². The Kier molecular flexibility index (Phi) is 7.57. The Morgan fingerprint density at radius 2 is 1.68 bits per heavy atom. The highest BCUT2D eigenvalue weighted by Gasteiger charge is 2.34. The van der Waals surface area contributed by atoms with Crippen LogP contribution in [0.2, 0.25) is 0 Å². The largest absolute Gasteiger partial charge is 1.00 e. The van der Waals surface area contributed by atoms with Gasteiger partial charge in [-0.3, -0.25) is 0 Å². The summed E-state index contributed by atoms with van der Waals surface area (Å²) in [6.07, 6.45) is 5.76. The summed E-state index contributed by atoms with van der Waals surface area (Å²) in [5, 5.41) is 11.3. The van der Waals surface area contributed by atoms with Crippen LogP contribution in [-0.2, 0) is 5.60 Å². The topological polar surface area (TPSA) is 20.2 Å². The molecule has 1 aromatic carbocycles. The maximum absolute atomic E-state index is 11.3. The van der Waals surface area contributed by atoms with Crippen LogP contribution in [0.15, 0.2) is 30.3 Å². The molecule has 126 valence electrons. The molecule has 1 N–H and O–H groups in total. The van der Waals surface area contributed by atoms with Gasteiger partial charge in [-0.1, -0.05) is 44.2 Å². The lowest BCUT2D eigenvalue weighted by Crippen LogP contribution is -3.00. The van der Waals surface area contributed by atoms with Gasteiger partial charge < -0.3 is 26.6 Å². The van der Waals surface area contributed by atoms with Crippen molar-refractivity contribution in [3.05, 3.63) is 35.9 Å². The molecule has 22 heavy (non-hydrogen) atoms. The van der Waals surface area contributed by atoms with Crippen LogP contribution in [0.5, 0.6) is 0 Å². The number of piperidine rings is 1. The maximum atomic E-state index is 11.3. The average Bonchev–Trinajstić information content (AvgIpc) is 2.46. The van der Waals surface area contributed by atoms with Crippen LogP contribution < -0.4 is 17.0 Å². The minimum Gasteiger partial charge on any atom is -1.00 e. The fourth-order valence-electron chi connectivity index (χ4n) is 3.74. The molecule has 2 rings (SSSR count). The lowest BCUT2D eigenvalue weighted by molar-refractivity contribution is -0.915. The first-order valence-electron chi connectivity index (χ1n) is 8.55. The van der Waals surface area contributed by atoms with Gasteiger partial charge in [-0.15, -0.1) is 0 Å². The first-order chi connectivity index (χ1) is 9.94. The molecule has 1 heterocycles. The average molecular weight is 370 g/mol. The quantitative estimate of drug-likeness (QED) is 0.740. The van der Waals surface area contributed by atoms with Crippen molar-refractivity contribution in [2.45, 2.75) is 51.6 Å². The second kappa shape index (κ2) is 8.47. The predicted octanol–water partition coefficient (Wildman–Crippen LogP) is 0.945. The molecule has 0 aromatic heterocycles. The number of benzene rings is 1. The number of halogens is 1. The van der Waals surface area contributed by atoms with E-state index in [9.17, 15) is 5.11 Å². The molecule has 1 aliphatic heterocycles. The van der Waals surface area contributed by atoms with Gasteiger partial charge in [0.05, 0.1) is 32.3 Å². The zero-order valence-corrected chi connectivity index (χ0v) is 16.0.